The first-order valence-corrected chi connectivity index (χ1v) is 6.22. The Morgan fingerprint density at radius 1 is 1.35 bits per heavy atom. The molecule has 0 aliphatic carbocycles. The van der Waals surface area contributed by atoms with Crippen LogP contribution in [0.25, 0.3) is 0 Å². The molecule has 1 aliphatic heterocycles. The summed E-state index contributed by atoms with van der Waals surface area (Å²) in [5.74, 6) is -0.960. The standard InChI is InChI=1S/C13H14F4N2O/c14-9-2-1-8(11(5-9)13(15,16)17)6-18-7-10-3-4-12(20)19-10/h1-2,5,10,18H,3-4,6-7H2,(H,19,20). The van der Waals surface area contributed by atoms with Crippen molar-refractivity contribution in [2.24, 2.45) is 0 Å². The number of nitrogens with one attached hydrogen (secondary N) is 2. The van der Waals surface area contributed by atoms with Crippen LogP contribution in [-0.4, -0.2) is 18.5 Å². The highest BCUT2D eigenvalue weighted by atomic mass is 19.4. The molecule has 2 N–H and O–H groups in total. The summed E-state index contributed by atoms with van der Waals surface area (Å²) >= 11 is 0. The Balaban J connectivity index is 1.97. The van der Waals surface area contributed by atoms with Crippen LogP contribution < -0.4 is 10.6 Å². The van der Waals surface area contributed by atoms with E-state index < -0.39 is 17.6 Å². The molecule has 0 bridgehead atoms. The van der Waals surface area contributed by atoms with Crippen molar-refractivity contribution in [1.82, 2.24) is 10.6 Å². The monoisotopic (exact) mass is 290 g/mol. The largest absolute Gasteiger partial charge is 0.416 e. The van der Waals surface area contributed by atoms with Crippen LogP contribution in [0.1, 0.15) is 24.0 Å². The average Bonchev–Trinajstić information content (AvgIpc) is 2.76. The highest BCUT2D eigenvalue weighted by Crippen LogP contribution is 2.32. The highest BCUT2D eigenvalue weighted by Gasteiger charge is 2.33. The third-order valence-corrected chi connectivity index (χ3v) is 3.17. The van der Waals surface area contributed by atoms with Crippen molar-refractivity contribution in [3.63, 3.8) is 0 Å². The third-order valence-electron chi connectivity index (χ3n) is 3.17. The van der Waals surface area contributed by atoms with Gasteiger partial charge >= 0.3 is 6.18 Å². The van der Waals surface area contributed by atoms with Gasteiger partial charge in [0.2, 0.25) is 5.91 Å². The molecule has 1 atom stereocenters. The Hall–Kier alpha value is -1.63. The van der Waals surface area contributed by atoms with Crippen LogP contribution in [0.4, 0.5) is 17.6 Å². The van der Waals surface area contributed by atoms with Gasteiger partial charge in [0.1, 0.15) is 5.82 Å². The number of halogens is 4. The molecule has 1 heterocycles. The SMILES string of the molecule is O=C1CCC(CNCc2ccc(F)cc2C(F)(F)F)N1. The zero-order chi connectivity index (χ0) is 14.8. The fraction of sp³-hybridized carbons (Fsp3) is 0.462. The van der Waals surface area contributed by atoms with Crippen molar-refractivity contribution in [1.29, 1.82) is 0 Å². The lowest BCUT2D eigenvalue weighted by molar-refractivity contribution is -0.138. The Morgan fingerprint density at radius 3 is 2.70 bits per heavy atom. The lowest BCUT2D eigenvalue weighted by atomic mass is 10.1. The quantitative estimate of drug-likeness (QED) is 0.835. The molecule has 1 amide bonds. The molecule has 1 aliphatic rings. The number of carbonyl (C=O) groups excluding carboxylic acids is 1. The van der Waals surface area contributed by atoms with Crippen LogP contribution in [-0.2, 0) is 17.5 Å². The highest BCUT2D eigenvalue weighted by molar-refractivity contribution is 5.78. The first-order valence-electron chi connectivity index (χ1n) is 6.22. The summed E-state index contributed by atoms with van der Waals surface area (Å²) in [6, 6.07) is 2.56. The van der Waals surface area contributed by atoms with Crippen molar-refractivity contribution < 1.29 is 22.4 Å². The molecular formula is C13H14F4N2O. The summed E-state index contributed by atoms with van der Waals surface area (Å²) in [4.78, 5) is 11.0. The second-order valence-electron chi connectivity index (χ2n) is 4.73. The fourth-order valence-electron chi connectivity index (χ4n) is 2.18. The summed E-state index contributed by atoms with van der Waals surface area (Å²) in [7, 11) is 0. The van der Waals surface area contributed by atoms with E-state index in [1.807, 2.05) is 0 Å². The van der Waals surface area contributed by atoms with Gasteiger partial charge in [0.15, 0.2) is 0 Å². The average molecular weight is 290 g/mol. The van der Waals surface area contributed by atoms with Gasteiger partial charge in [-0.05, 0) is 24.1 Å². The van der Waals surface area contributed by atoms with Gasteiger partial charge < -0.3 is 10.6 Å². The number of benzene rings is 1. The first kappa shape index (κ1) is 14.8. The maximum atomic E-state index is 12.9. The topological polar surface area (TPSA) is 41.1 Å². The van der Waals surface area contributed by atoms with E-state index in [0.29, 0.717) is 25.5 Å². The van der Waals surface area contributed by atoms with E-state index >= 15 is 0 Å². The van der Waals surface area contributed by atoms with Crippen LogP contribution in [0.5, 0.6) is 0 Å². The molecular weight excluding hydrogens is 276 g/mol. The van der Waals surface area contributed by atoms with Crippen molar-refractivity contribution in [3.8, 4) is 0 Å². The molecule has 1 unspecified atom stereocenters. The van der Waals surface area contributed by atoms with E-state index in [1.165, 1.54) is 0 Å². The molecule has 1 aromatic carbocycles. The summed E-state index contributed by atoms with van der Waals surface area (Å²) in [5.41, 5.74) is -0.983. The molecule has 7 heteroatoms. The smallest absolute Gasteiger partial charge is 0.352 e. The van der Waals surface area contributed by atoms with E-state index in [-0.39, 0.29) is 24.1 Å². The van der Waals surface area contributed by atoms with E-state index in [0.717, 1.165) is 12.1 Å². The molecule has 0 spiro atoms. The normalized spacial score (nSPS) is 19.2. The van der Waals surface area contributed by atoms with Gasteiger partial charge in [-0.1, -0.05) is 6.07 Å². The van der Waals surface area contributed by atoms with Crippen molar-refractivity contribution in [2.75, 3.05) is 6.54 Å². The van der Waals surface area contributed by atoms with E-state index in [2.05, 4.69) is 10.6 Å². The second-order valence-corrected chi connectivity index (χ2v) is 4.73. The minimum Gasteiger partial charge on any atom is -0.352 e. The Bertz CT molecular complexity index is 502. The van der Waals surface area contributed by atoms with E-state index in [9.17, 15) is 22.4 Å². The summed E-state index contributed by atoms with van der Waals surface area (Å²) < 4.78 is 51.2. The van der Waals surface area contributed by atoms with Gasteiger partial charge in [-0.2, -0.15) is 13.2 Å². The predicted octanol–water partition coefficient (Wildman–Crippen LogP) is 2.21. The molecule has 110 valence electrons. The summed E-state index contributed by atoms with van der Waals surface area (Å²) in [6.07, 6.45) is -3.47. The minimum absolute atomic E-state index is 0.0109. The van der Waals surface area contributed by atoms with Crippen LogP contribution in [0, 0.1) is 5.82 Å². The van der Waals surface area contributed by atoms with Gasteiger partial charge in [-0.3, -0.25) is 4.79 Å². The number of alkyl halides is 3. The molecule has 0 saturated carbocycles. The molecule has 0 radical (unpaired) electrons. The zero-order valence-corrected chi connectivity index (χ0v) is 10.6. The Labute approximate surface area is 113 Å². The molecule has 1 saturated heterocycles. The molecule has 3 nitrogen and oxygen atoms in total. The van der Waals surface area contributed by atoms with Crippen molar-refractivity contribution in [2.45, 2.75) is 31.6 Å². The molecule has 20 heavy (non-hydrogen) atoms. The van der Waals surface area contributed by atoms with Crippen LogP contribution in [0.2, 0.25) is 0 Å². The molecule has 1 fully saturated rings. The number of rotatable bonds is 4. The molecule has 1 aromatic rings. The van der Waals surface area contributed by atoms with Gasteiger partial charge in [-0.25, -0.2) is 4.39 Å². The maximum Gasteiger partial charge on any atom is 0.416 e. The van der Waals surface area contributed by atoms with E-state index in [1.54, 1.807) is 0 Å². The van der Waals surface area contributed by atoms with Gasteiger partial charge in [0.25, 0.3) is 0 Å². The first-order chi connectivity index (χ1) is 9.36. The second kappa shape index (κ2) is 5.78. The number of carbonyl (C=O) groups is 1. The van der Waals surface area contributed by atoms with Crippen LogP contribution in [0.3, 0.4) is 0 Å². The minimum atomic E-state index is -4.58. The predicted molar refractivity (Wildman–Crippen MR) is 64.3 cm³/mol. The van der Waals surface area contributed by atoms with E-state index in [4.69, 9.17) is 0 Å². The zero-order valence-electron chi connectivity index (χ0n) is 10.6. The van der Waals surface area contributed by atoms with Crippen LogP contribution in [0.15, 0.2) is 18.2 Å². The number of amides is 1. The molecule has 2 rings (SSSR count). The third kappa shape index (κ3) is 3.69. The lowest BCUT2D eigenvalue weighted by Gasteiger charge is -2.15. The Kier molecular flexibility index (Phi) is 4.27. The van der Waals surface area contributed by atoms with Gasteiger partial charge in [0.05, 0.1) is 5.56 Å². The maximum absolute atomic E-state index is 12.9. The molecule has 0 aromatic heterocycles. The van der Waals surface area contributed by atoms with Crippen LogP contribution >= 0.6 is 0 Å². The van der Waals surface area contributed by atoms with Crippen molar-refractivity contribution in [3.05, 3.63) is 35.1 Å². The fourth-order valence-corrected chi connectivity index (χ4v) is 2.18. The number of hydrogen-bond donors (Lipinski definition) is 2. The Morgan fingerprint density at radius 2 is 2.10 bits per heavy atom. The lowest BCUT2D eigenvalue weighted by Crippen LogP contribution is -2.35. The summed E-state index contributed by atoms with van der Waals surface area (Å²) in [5, 5.41) is 5.57. The van der Waals surface area contributed by atoms with Crippen molar-refractivity contribution >= 4 is 5.91 Å². The van der Waals surface area contributed by atoms with Gasteiger partial charge in [-0.15, -0.1) is 0 Å². The number of hydrogen-bond acceptors (Lipinski definition) is 2. The van der Waals surface area contributed by atoms with Gasteiger partial charge in [0, 0.05) is 25.6 Å². The summed E-state index contributed by atoms with van der Waals surface area (Å²) in [6.45, 7) is 0.363.